The van der Waals surface area contributed by atoms with Gasteiger partial charge in [-0.2, -0.15) is 8.42 Å². The van der Waals surface area contributed by atoms with Crippen LogP contribution in [0.2, 0.25) is 0 Å². The minimum Gasteiger partial charge on any atom is -0.467 e. The Bertz CT molecular complexity index is 1080. The van der Waals surface area contributed by atoms with E-state index in [1.54, 1.807) is 30.3 Å². The molecule has 0 aliphatic carbocycles. The summed E-state index contributed by atoms with van der Waals surface area (Å²) in [6.45, 7) is 1.90. The predicted molar refractivity (Wildman–Crippen MR) is 110 cm³/mol. The van der Waals surface area contributed by atoms with E-state index in [-0.39, 0.29) is 24.6 Å². The van der Waals surface area contributed by atoms with Gasteiger partial charge in [-0.15, -0.1) is 0 Å². The maximum atomic E-state index is 13.4. The van der Waals surface area contributed by atoms with Crippen molar-refractivity contribution in [2.24, 2.45) is 0 Å². The van der Waals surface area contributed by atoms with E-state index in [1.807, 2.05) is 0 Å². The number of carbonyl (C=O) groups excluding carboxylic acids is 1. The number of hydrogen-bond donors (Lipinski definition) is 1. The summed E-state index contributed by atoms with van der Waals surface area (Å²) < 4.78 is 46.9. The average Bonchev–Trinajstić information content (AvgIpc) is 3.22. The molecule has 0 fully saturated rings. The van der Waals surface area contributed by atoms with Crippen LogP contribution in [-0.4, -0.2) is 25.1 Å². The van der Waals surface area contributed by atoms with Crippen LogP contribution in [0.5, 0.6) is 5.75 Å². The monoisotopic (exact) mass is 432 g/mol. The summed E-state index contributed by atoms with van der Waals surface area (Å²) in [4.78, 5) is 14.3. The lowest BCUT2D eigenvalue weighted by Gasteiger charge is -2.22. The van der Waals surface area contributed by atoms with Gasteiger partial charge in [0.05, 0.1) is 18.6 Å². The molecule has 0 saturated heterocycles. The molecule has 0 aliphatic heterocycles. The Kier molecular flexibility index (Phi) is 6.73. The lowest BCUT2D eigenvalue weighted by atomic mass is 10.2. The van der Waals surface area contributed by atoms with Gasteiger partial charge in [0, 0.05) is 12.2 Å². The van der Waals surface area contributed by atoms with Crippen LogP contribution in [0.4, 0.5) is 14.9 Å². The third-order valence-corrected chi connectivity index (χ3v) is 5.32. The van der Waals surface area contributed by atoms with Gasteiger partial charge in [0.15, 0.2) is 0 Å². The fourth-order valence-corrected chi connectivity index (χ4v) is 3.16. The highest BCUT2D eigenvalue weighted by atomic mass is 32.2. The van der Waals surface area contributed by atoms with E-state index in [1.165, 1.54) is 48.4 Å². The summed E-state index contributed by atoms with van der Waals surface area (Å²) in [6, 6.07) is 15.0. The van der Waals surface area contributed by atoms with Crippen molar-refractivity contribution in [3.63, 3.8) is 0 Å². The summed E-state index contributed by atoms with van der Waals surface area (Å²) in [5.41, 5.74) is 1.08. The molecule has 3 aromatic rings. The van der Waals surface area contributed by atoms with Crippen LogP contribution >= 0.6 is 0 Å². The number of rotatable bonds is 8. The first-order valence-electron chi connectivity index (χ1n) is 9.19. The molecule has 2 amide bonds. The van der Waals surface area contributed by atoms with E-state index in [2.05, 4.69) is 5.32 Å². The average molecular weight is 432 g/mol. The maximum Gasteiger partial charge on any atom is 0.322 e. The largest absolute Gasteiger partial charge is 0.467 e. The Morgan fingerprint density at radius 2 is 1.87 bits per heavy atom. The van der Waals surface area contributed by atoms with Gasteiger partial charge in [-0.3, -0.25) is 0 Å². The van der Waals surface area contributed by atoms with Crippen molar-refractivity contribution < 1.29 is 26.2 Å². The molecule has 158 valence electrons. The molecule has 0 atom stereocenters. The standard InChI is InChI=1S/C21H21FN2O5S/c1-2-30(26,27)29-19-10-8-16(9-11-19)14-24(15-20-7-4-12-28-20)21(25)23-18-6-3-5-17(22)13-18/h3-13H,2,14-15H2,1H3,(H,23,25). The molecule has 3 rings (SSSR count). The van der Waals surface area contributed by atoms with E-state index in [4.69, 9.17) is 8.60 Å². The van der Waals surface area contributed by atoms with Crippen molar-refractivity contribution in [1.29, 1.82) is 0 Å². The Morgan fingerprint density at radius 3 is 2.50 bits per heavy atom. The first-order valence-corrected chi connectivity index (χ1v) is 10.8. The summed E-state index contributed by atoms with van der Waals surface area (Å²) in [5, 5.41) is 2.67. The highest BCUT2D eigenvalue weighted by Crippen LogP contribution is 2.18. The van der Waals surface area contributed by atoms with Crippen LogP contribution in [0.15, 0.2) is 71.3 Å². The zero-order valence-corrected chi connectivity index (χ0v) is 17.1. The predicted octanol–water partition coefficient (Wildman–Crippen LogP) is 4.38. The third-order valence-electron chi connectivity index (χ3n) is 4.16. The van der Waals surface area contributed by atoms with Crippen molar-refractivity contribution in [2.75, 3.05) is 11.1 Å². The number of furan rings is 1. The fraction of sp³-hybridized carbons (Fsp3) is 0.190. The molecular weight excluding hydrogens is 411 g/mol. The number of anilines is 1. The normalized spacial score (nSPS) is 11.1. The molecule has 1 aromatic heterocycles. The van der Waals surface area contributed by atoms with Crippen LogP contribution < -0.4 is 9.50 Å². The van der Waals surface area contributed by atoms with Crippen LogP contribution in [0.3, 0.4) is 0 Å². The third kappa shape index (κ3) is 6.08. The van der Waals surface area contributed by atoms with E-state index in [0.29, 0.717) is 11.4 Å². The number of nitrogens with one attached hydrogen (secondary N) is 1. The number of amides is 2. The Balaban J connectivity index is 1.74. The van der Waals surface area contributed by atoms with Gasteiger partial charge >= 0.3 is 16.1 Å². The fourth-order valence-electron chi connectivity index (χ4n) is 2.64. The SMILES string of the molecule is CCS(=O)(=O)Oc1ccc(CN(Cc2ccco2)C(=O)Nc2cccc(F)c2)cc1. The molecule has 0 saturated carbocycles. The quantitative estimate of drug-likeness (QED) is 0.534. The minimum atomic E-state index is -3.61. The van der Waals surface area contributed by atoms with Gasteiger partial charge in [0.1, 0.15) is 17.3 Å². The smallest absolute Gasteiger partial charge is 0.322 e. The zero-order chi connectivity index (χ0) is 21.6. The summed E-state index contributed by atoms with van der Waals surface area (Å²) in [7, 11) is -3.61. The second-order valence-electron chi connectivity index (χ2n) is 6.45. The highest BCUT2D eigenvalue weighted by molar-refractivity contribution is 7.87. The highest BCUT2D eigenvalue weighted by Gasteiger charge is 2.17. The Morgan fingerprint density at radius 1 is 1.10 bits per heavy atom. The van der Waals surface area contributed by atoms with Crippen LogP contribution in [0.1, 0.15) is 18.2 Å². The second-order valence-corrected chi connectivity index (χ2v) is 8.31. The van der Waals surface area contributed by atoms with Gasteiger partial charge < -0.3 is 18.8 Å². The molecule has 0 radical (unpaired) electrons. The molecule has 1 N–H and O–H groups in total. The van der Waals surface area contributed by atoms with Crippen molar-refractivity contribution >= 4 is 21.8 Å². The number of benzene rings is 2. The number of hydrogen-bond acceptors (Lipinski definition) is 5. The molecular formula is C21H21FN2O5S. The van der Waals surface area contributed by atoms with E-state index in [0.717, 1.165) is 5.56 Å². The van der Waals surface area contributed by atoms with Gasteiger partial charge in [-0.25, -0.2) is 9.18 Å². The van der Waals surface area contributed by atoms with Crippen LogP contribution in [0.25, 0.3) is 0 Å². The van der Waals surface area contributed by atoms with Gasteiger partial charge in [-0.1, -0.05) is 18.2 Å². The van der Waals surface area contributed by atoms with Crippen LogP contribution in [0, 0.1) is 5.82 Å². The van der Waals surface area contributed by atoms with E-state index in [9.17, 15) is 17.6 Å². The van der Waals surface area contributed by atoms with Gasteiger partial charge in [0.2, 0.25) is 0 Å². The van der Waals surface area contributed by atoms with E-state index < -0.39 is 22.0 Å². The molecule has 0 spiro atoms. The topological polar surface area (TPSA) is 88.9 Å². The summed E-state index contributed by atoms with van der Waals surface area (Å²) in [6.07, 6.45) is 1.51. The molecule has 0 bridgehead atoms. The molecule has 1 heterocycles. The number of carbonyl (C=O) groups is 1. The zero-order valence-electron chi connectivity index (χ0n) is 16.2. The van der Waals surface area contributed by atoms with Crippen LogP contribution in [-0.2, 0) is 23.2 Å². The minimum absolute atomic E-state index is 0.133. The van der Waals surface area contributed by atoms with E-state index >= 15 is 0 Å². The summed E-state index contributed by atoms with van der Waals surface area (Å²) >= 11 is 0. The van der Waals surface area contributed by atoms with Crippen molar-refractivity contribution in [3.05, 3.63) is 84.1 Å². The first-order chi connectivity index (χ1) is 14.3. The van der Waals surface area contributed by atoms with Crippen molar-refractivity contribution in [2.45, 2.75) is 20.0 Å². The number of urea groups is 1. The molecule has 0 unspecified atom stereocenters. The van der Waals surface area contributed by atoms with Crippen molar-refractivity contribution in [3.8, 4) is 5.75 Å². The first kappa shape index (κ1) is 21.4. The second kappa shape index (κ2) is 9.45. The molecule has 30 heavy (non-hydrogen) atoms. The number of halogens is 1. The Hall–Kier alpha value is -3.33. The number of nitrogens with zero attached hydrogens (tertiary/aromatic N) is 1. The molecule has 9 heteroatoms. The molecule has 7 nitrogen and oxygen atoms in total. The van der Waals surface area contributed by atoms with Gasteiger partial charge in [0.25, 0.3) is 0 Å². The summed E-state index contributed by atoms with van der Waals surface area (Å²) in [5.74, 6) is 0.190. The Labute approximate surface area is 174 Å². The lowest BCUT2D eigenvalue weighted by molar-refractivity contribution is 0.201. The van der Waals surface area contributed by atoms with Crippen molar-refractivity contribution in [1.82, 2.24) is 4.90 Å². The van der Waals surface area contributed by atoms with Gasteiger partial charge in [-0.05, 0) is 55.0 Å². The molecule has 2 aromatic carbocycles. The maximum absolute atomic E-state index is 13.4. The molecule has 0 aliphatic rings. The lowest BCUT2D eigenvalue weighted by Crippen LogP contribution is -2.34.